The van der Waals surface area contributed by atoms with Crippen LogP contribution in [0.25, 0.3) is 0 Å². The summed E-state index contributed by atoms with van der Waals surface area (Å²) in [6.45, 7) is 3.42. The summed E-state index contributed by atoms with van der Waals surface area (Å²) < 4.78 is 0. The van der Waals surface area contributed by atoms with Gasteiger partial charge >= 0.3 is 0 Å². The summed E-state index contributed by atoms with van der Waals surface area (Å²) in [5, 5.41) is 0. The van der Waals surface area contributed by atoms with Gasteiger partial charge in [0.2, 0.25) is 11.8 Å². The van der Waals surface area contributed by atoms with E-state index in [4.69, 9.17) is 0 Å². The van der Waals surface area contributed by atoms with Crippen molar-refractivity contribution in [3.63, 3.8) is 0 Å². The Morgan fingerprint density at radius 1 is 0.500 bits per heavy atom. The molecule has 0 spiro atoms. The molecule has 0 radical (unpaired) electrons. The SMILES string of the molecule is O=C1C[C@@H](N2CCCCCC2)C(=O)N1c1ccc(N2C(=O)C[C@@H](N3CCCCCC3)C2=O)cc1. The van der Waals surface area contributed by atoms with Crippen molar-refractivity contribution in [3.8, 4) is 0 Å². The lowest BCUT2D eigenvalue weighted by Crippen LogP contribution is -2.43. The number of carbonyl (C=O) groups is 4. The molecule has 0 saturated carbocycles. The molecule has 0 bridgehead atoms. The van der Waals surface area contributed by atoms with Crippen LogP contribution in [0.1, 0.15) is 64.2 Å². The lowest BCUT2D eigenvalue weighted by atomic mass is 10.2. The van der Waals surface area contributed by atoms with Gasteiger partial charge in [0.25, 0.3) is 11.8 Å². The third-order valence-corrected chi connectivity index (χ3v) is 7.77. The van der Waals surface area contributed by atoms with Crippen LogP contribution in [0.4, 0.5) is 11.4 Å². The first-order valence-corrected chi connectivity index (χ1v) is 12.9. The van der Waals surface area contributed by atoms with E-state index >= 15 is 0 Å². The first kappa shape index (κ1) is 23.2. The molecule has 34 heavy (non-hydrogen) atoms. The monoisotopic (exact) mass is 466 g/mol. The minimum Gasteiger partial charge on any atom is -0.292 e. The van der Waals surface area contributed by atoms with Crippen LogP contribution in [0.15, 0.2) is 24.3 Å². The molecule has 1 aromatic carbocycles. The van der Waals surface area contributed by atoms with Crippen molar-refractivity contribution in [1.29, 1.82) is 0 Å². The highest BCUT2D eigenvalue weighted by Crippen LogP contribution is 2.31. The smallest absolute Gasteiger partial charge is 0.251 e. The number of hydrogen-bond acceptors (Lipinski definition) is 6. The fourth-order valence-electron chi connectivity index (χ4n) is 5.91. The molecular weight excluding hydrogens is 432 g/mol. The van der Waals surface area contributed by atoms with E-state index in [2.05, 4.69) is 9.80 Å². The molecule has 5 rings (SSSR count). The number of imide groups is 2. The quantitative estimate of drug-likeness (QED) is 0.635. The third kappa shape index (κ3) is 4.41. The van der Waals surface area contributed by atoms with E-state index in [1.807, 2.05) is 0 Å². The van der Waals surface area contributed by atoms with Gasteiger partial charge in [-0.3, -0.25) is 29.0 Å². The molecule has 0 aliphatic carbocycles. The summed E-state index contributed by atoms with van der Waals surface area (Å²) in [5.74, 6) is -0.730. The molecule has 8 nitrogen and oxygen atoms in total. The van der Waals surface area contributed by atoms with Crippen molar-refractivity contribution in [3.05, 3.63) is 24.3 Å². The maximum absolute atomic E-state index is 13.2. The highest BCUT2D eigenvalue weighted by molar-refractivity contribution is 6.24. The molecule has 4 saturated heterocycles. The molecule has 4 aliphatic rings. The predicted molar refractivity (Wildman–Crippen MR) is 128 cm³/mol. The largest absolute Gasteiger partial charge is 0.292 e. The summed E-state index contributed by atoms with van der Waals surface area (Å²) in [7, 11) is 0. The molecule has 4 amide bonds. The van der Waals surface area contributed by atoms with E-state index in [1.165, 1.54) is 35.5 Å². The Hall–Kier alpha value is -2.58. The Kier molecular flexibility index (Phi) is 6.79. The van der Waals surface area contributed by atoms with Gasteiger partial charge in [0, 0.05) is 0 Å². The normalized spacial score (nSPS) is 28.0. The molecule has 8 heteroatoms. The Morgan fingerprint density at radius 2 is 0.824 bits per heavy atom. The highest BCUT2D eigenvalue weighted by atomic mass is 16.2. The molecule has 182 valence electrons. The summed E-state index contributed by atoms with van der Waals surface area (Å²) in [4.78, 5) is 58.7. The average Bonchev–Trinajstić information content (AvgIpc) is 3.09. The fraction of sp³-hybridized carbons (Fsp3) is 0.615. The van der Waals surface area contributed by atoms with Crippen LogP contribution in [0.5, 0.6) is 0 Å². The number of amides is 4. The van der Waals surface area contributed by atoms with Crippen molar-refractivity contribution < 1.29 is 19.2 Å². The summed E-state index contributed by atoms with van der Waals surface area (Å²) in [5.41, 5.74) is 0.999. The number of likely N-dealkylation sites (tertiary alicyclic amines) is 2. The van der Waals surface area contributed by atoms with Gasteiger partial charge in [-0.25, -0.2) is 9.80 Å². The second kappa shape index (κ2) is 9.96. The zero-order chi connectivity index (χ0) is 23.7. The summed E-state index contributed by atoms with van der Waals surface area (Å²) >= 11 is 0. The molecule has 2 atom stereocenters. The van der Waals surface area contributed by atoms with E-state index in [9.17, 15) is 19.2 Å². The van der Waals surface area contributed by atoms with Gasteiger partial charge < -0.3 is 0 Å². The zero-order valence-electron chi connectivity index (χ0n) is 19.8. The Morgan fingerprint density at radius 3 is 1.15 bits per heavy atom. The van der Waals surface area contributed by atoms with E-state index in [0.29, 0.717) is 11.4 Å². The topological polar surface area (TPSA) is 81.2 Å². The molecule has 4 fully saturated rings. The van der Waals surface area contributed by atoms with Crippen molar-refractivity contribution in [2.24, 2.45) is 0 Å². The van der Waals surface area contributed by atoms with Crippen molar-refractivity contribution >= 4 is 35.0 Å². The van der Waals surface area contributed by atoms with Crippen LogP contribution in [-0.4, -0.2) is 71.7 Å². The van der Waals surface area contributed by atoms with Crippen molar-refractivity contribution in [2.75, 3.05) is 36.0 Å². The summed E-state index contributed by atoms with van der Waals surface area (Å²) in [6.07, 6.45) is 9.33. The number of anilines is 2. The first-order chi connectivity index (χ1) is 16.5. The number of nitrogens with zero attached hydrogens (tertiary/aromatic N) is 4. The average molecular weight is 467 g/mol. The van der Waals surface area contributed by atoms with Crippen LogP contribution in [0, 0.1) is 0 Å². The molecular formula is C26H34N4O4. The van der Waals surface area contributed by atoms with E-state index < -0.39 is 0 Å². The van der Waals surface area contributed by atoms with Gasteiger partial charge in [-0.2, -0.15) is 0 Å². The molecule has 0 unspecified atom stereocenters. The van der Waals surface area contributed by atoms with Gasteiger partial charge in [-0.15, -0.1) is 0 Å². The number of carbonyl (C=O) groups excluding carboxylic acids is 4. The van der Waals surface area contributed by atoms with Gasteiger partial charge in [0.05, 0.1) is 36.3 Å². The van der Waals surface area contributed by atoms with Crippen LogP contribution >= 0.6 is 0 Å². The Bertz CT molecular complexity index is 869. The van der Waals surface area contributed by atoms with E-state index in [1.54, 1.807) is 24.3 Å². The van der Waals surface area contributed by atoms with Crippen LogP contribution in [0.2, 0.25) is 0 Å². The number of benzene rings is 1. The highest BCUT2D eigenvalue weighted by Gasteiger charge is 2.44. The second-order valence-corrected chi connectivity index (χ2v) is 9.99. The second-order valence-electron chi connectivity index (χ2n) is 9.99. The maximum Gasteiger partial charge on any atom is 0.251 e. The molecule has 0 N–H and O–H groups in total. The Balaban J connectivity index is 1.29. The van der Waals surface area contributed by atoms with Gasteiger partial charge in [0.15, 0.2) is 0 Å². The van der Waals surface area contributed by atoms with Crippen LogP contribution in [0.3, 0.4) is 0 Å². The molecule has 1 aromatic rings. The zero-order valence-corrected chi connectivity index (χ0v) is 19.8. The standard InChI is InChI=1S/C26H34N4O4/c31-23-17-21(27-13-5-1-2-6-14-27)25(33)29(23)19-9-11-20(12-10-19)30-24(32)18-22(26(30)34)28-15-7-3-4-8-16-28/h9-12,21-22H,1-8,13-18H2/t21-,22-/m1/s1. The molecule has 4 aliphatic heterocycles. The van der Waals surface area contributed by atoms with Crippen molar-refractivity contribution in [1.82, 2.24) is 9.80 Å². The maximum atomic E-state index is 13.2. The number of rotatable bonds is 4. The van der Waals surface area contributed by atoms with E-state index in [-0.39, 0.29) is 48.6 Å². The lowest BCUT2D eigenvalue weighted by Gasteiger charge is -2.26. The third-order valence-electron chi connectivity index (χ3n) is 7.77. The Labute approximate surface area is 200 Å². The molecule has 0 aromatic heterocycles. The minimum absolute atomic E-state index is 0.172. The van der Waals surface area contributed by atoms with Crippen LogP contribution in [-0.2, 0) is 19.2 Å². The minimum atomic E-state index is -0.388. The van der Waals surface area contributed by atoms with E-state index in [0.717, 1.165) is 51.9 Å². The van der Waals surface area contributed by atoms with Crippen molar-refractivity contribution in [2.45, 2.75) is 76.3 Å². The van der Waals surface area contributed by atoms with Gasteiger partial charge in [0.1, 0.15) is 0 Å². The lowest BCUT2D eigenvalue weighted by molar-refractivity contribution is -0.124. The summed E-state index contributed by atoms with van der Waals surface area (Å²) in [6, 6.07) is 5.93. The number of hydrogen-bond donors (Lipinski definition) is 0. The fourth-order valence-corrected chi connectivity index (χ4v) is 5.91. The first-order valence-electron chi connectivity index (χ1n) is 12.9. The van der Waals surface area contributed by atoms with Crippen LogP contribution < -0.4 is 9.80 Å². The van der Waals surface area contributed by atoms with Gasteiger partial charge in [-0.05, 0) is 76.1 Å². The predicted octanol–water partition coefficient (Wildman–Crippen LogP) is 2.70. The molecule has 4 heterocycles. The van der Waals surface area contributed by atoms with Gasteiger partial charge in [-0.1, -0.05) is 25.7 Å².